The van der Waals surface area contributed by atoms with Crippen LogP contribution in [-0.4, -0.2) is 39.7 Å². The first-order chi connectivity index (χ1) is 8.74. The molecular formula is C13H22N4S. The van der Waals surface area contributed by atoms with Gasteiger partial charge in [0.15, 0.2) is 0 Å². The van der Waals surface area contributed by atoms with E-state index in [1.165, 1.54) is 43.9 Å². The van der Waals surface area contributed by atoms with E-state index >= 15 is 0 Å². The lowest BCUT2D eigenvalue weighted by Gasteiger charge is -2.49. The summed E-state index contributed by atoms with van der Waals surface area (Å²) in [5.74, 6) is 1.59. The first-order valence-electron chi connectivity index (χ1n) is 7.02. The maximum Gasteiger partial charge on any atom is 0.130 e. The number of piperidine rings is 1. The van der Waals surface area contributed by atoms with Crippen molar-refractivity contribution in [1.29, 1.82) is 0 Å². The fourth-order valence-electron chi connectivity index (χ4n) is 3.53. The zero-order chi connectivity index (χ0) is 12.5. The van der Waals surface area contributed by atoms with E-state index in [0.29, 0.717) is 12.1 Å². The van der Waals surface area contributed by atoms with E-state index in [9.17, 15) is 0 Å². The fraction of sp³-hybridized carbons (Fsp3) is 0.846. The Morgan fingerprint density at radius 1 is 1.33 bits per heavy atom. The molecule has 1 aromatic rings. The molecule has 1 saturated heterocycles. The number of fused-ring (bicyclic) bond motifs is 2. The van der Waals surface area contributed by atoms with Gasteiger partial charge in [-0.15, -0.1) is 5.10 Å². The van der Waals surface area contributed by atoms with Crippen LogP contribution in [0.1, 0.15) is 33.1 Å². The van der Waals surface area contributed by atoms with Crippen LogP contribution < -0.4 is 5.32 Å². The van der Waals surface area contributed by atoms with Crippen molar-refractivity contribution in [3.8, 4) is 0 Å². The summed E-state index contributed by atoms with van der Waals surface area (Å²) in [5.41, 5.74) is 0. The monoisotopic (exact) mass is 266 g/mol. The Labute approximate surface area is 113 Å². The Balaban J connectivity index is 1.72. The zero-order valence-electron chi connectivity index (χ0n) is 11.2. The van der Waals surface area contributed by atoms with Crippen molar-refractivity contribution in [3.63, 3.8) is 0 Å². The molecule has 2 unspecified atom stereocenters. The minimum Gasteiger partial charge on any atom is -0.371 e. The molecule has 5 heteroatoms. The van der Waals surface area contributed by atoms with Crippen molar-refractivity contribution in [2.24, 2.45) is 11.8 Å². The molecule has 18 heavy (non-hydrogen) atoms. The second-order valence-corrected chi connectivity index (χ2v) is 6.74. The van der Waals surface area contributed by atoms with Crippen LogP contribution in [0.2, 0.25) is 0 Å². The summed E-state index contributed by atoms with van der Waals surface area (Å²) in [6.07, 6.45) is 5.99. The molecule has 2 fully saturated rings. The molecule has 1 saturated carbocycles. The van der Waals surface area contributed by atoms with E-state index < -0.39 is 0 Å². The number of rotatable bonds is 3. The van der Waals surface area contributed by atoms with Gasteiger partial charge in [-0.25, -0.2) is 0 Å². The highest BCUT2D eigenvalue weighted by molar-refractivity contribution is 7.09. The zero-order valence-corrected chi connectivity index (χ0v) is 12.0. The minimum absolute atomic E-state index is 0.635. The molecule has 2 bridgehead atoms. The number of nitrogens with zero attached hydrogens (tertiary/aromatic N) is 3. The SMILES string of the molecule is CC(C)N1CC2CCCC(C1)C2Nc1cnns1. The van der Waals surface area contributed by atoms with Gasteiger partial charge in [-0.05, 0) is 38.5 Å². The average molecular weight is 266 g/mol. The van der Waals surface area contributed by atoms with Crippen molar-refractivity contribution in [2.75, 3.05) is 18.4 Å². The van der Waals surface area contributed by atoms with E-state index in [-0.39, 0.29) is 0 Å². The summed E-state index contributed by atoms with van der Waals surface area (Å²) in [7, 11) is 0. The quantitative estimate of drug-likeness (QED) is 0.912. The van der Waals surface area contributed by atoms with Crippen molar-refractivity contribution >= 4 is 16.5 Å². The number of hydrogen-bond donors (Lipinski definition) is 1. The maximum absolute atomic E-state index is 3.94. The van der Waals surface area contributed by atoms with Crippen molar-refractivity contribution < 1.29 is 0 Å². The Kier molecular flexibility index (Phi) is 3.52. The van der Waals surface area contributed by atoms with Crippen LogP contribution in [-0.2, 0) is 0 Å². The van der Waals surface area contributed by atoms with Crippen molar-refractivity contribution in [2.45, 2.75) is 45.2 Å². The Morgan fingerprint density at radius 3 is 2.61 bits per heavy atom. The van der Waals surface area contributed by atoms with E-state index in [0.717, 1.165) is 16.8 Å². The first kappa shape index (κ1) is 12.4. The molecule has 2 heterocycles. The van der Waals surface area contributed by atoms with E-state index in [1.54, 1.807) is 0 Å². The second kappa shape index (κ2) is 5.13. The normalized spacial score (nSPS) is 32.7. The average Bonchev–Trinajstić information content (AvgIpc) is 2.81. The van der Waals surface area contributed by atoms with Gasteiger partial charge in [0.05, 0.1) is 6.20 Å². The molecule has 100 valence electrons. The van der Waals surface area contributed by atoms with Crippen LogP contribution in [0.3, 0.4) is 0 Å². The van der Waals surface area contributed by atoms with Gasteiger partial charge < -0.3 is 10.2 Å². The Hall–Kier alpha value is -0.680. The van der Waals surface area contributed by atoms with E-state index in [1.807, 2.05) is 6.20 Å². The maximum atomic E-state index is 3.94. The van der Waals surface area contributed by atoms with Gasteiger partial charge in [0.25, 0.3) is 0 Å². The number of hydrogen-bond acceptors (Lipinski definition) is 5. The third-order valence-electron chi connectivity index (χ3n) is 4.50. The number of likely N-dealkylation sites (tertiary alicyclic amines) is 1. The van der Waals surface area contributed by atoms with Crippen LogP contribution in [0.5, 0.6) is 0 Å². The second-order valence-electron chi connectivity index (χ2n) is 5.95. The topological polar surface area (TPSA) is 41.0 Å². The summed E-state index contributed by atoms with van der Waals surface area (Å²) < 4.78 is 3.94. The standard InChI is InChI=1S/C13H22N4S/c1-9(2)17-7-10-4-3-5-11(8-17)13(10)15-12-6-14-16-18-12/h6,9-11,13,15H,3-5,7-8H2,1-2H3. The van der Waals surface area contributed by atoms with Gasteiger partial charge in [-0.1, -0.05) is 10.9 Å². The van der Waals surface area contributed by atoms with Crippen LogP contribution >= 0.6 is 11.5 Å². The van der Waals surface area contributed by atoms with E-state index in [2.05, 4.69) is 33.7 Å². The lowest BCUT2D eigenvalue weighted by atomic mass is 9.73. The summed E-state index contributed by atoms with van der Waals surface area (Å²) in [5, 5.41) is 8.74. The Bertz CT molecular complexity index is 364. The molecule has 1 aliphatic heterocycles. The van der Waals surface area contributed by atoms with Gasteiger partial charge >= 0.3 is 0 Å². The molecular weight excluding hydrogens is 244 g/mol. The molecule has 2 atom stereocenters. The molecule has 1 aromatic heterocycles. The summed E-state index contributed by atoms with van der Waals surface area (Å²) in [6.45, 7) is 7.13. The molecule has 1 N–H and O–H groups in total. The first-order valence-corrected chi connectivity index (χ1v) is 7.79. The lowest BCUT2D eigenvalue weighted by molar-refractivity contribution is 0.0519. The molecule has 0 spiro atoms. The molecule has 1 aliphatic carbocycles. The molecule has 4 nitrogen and oxygen atoms in total. The number of aromatic nitrogens is 2. The highest BCUT2D eigenvalue weighted by atomic mass is 32.1. The van der Waals surface area contributed by atoms with Crippen LogP contribution in [0, 0.1) is 11.8 Å². The summed E-state index contributed by atoms with van der Waals surface area (Å²) in [6, 6.07) is 1.31. The third-order valence-corrected chi connectivity index (χ3v) is 5.10. The fourth-order valence-corrected chi connectivity index (χ4v) is 3.99. The smallest absolute Gasteiger partial charge is 0.130 e. The number of anilines is 1. The van der Waals surface area contributed by atoms with Gasteiger partial charge in [0.1, 0.15) is 5.00 Å². The lowest BCUT2D eigenvalue weighted by Crippen LogP contribution is -2.55. The van der Waals surface area contributed by atoms with Crippen molar-refractivity contribution in [3.05, 3.63) is 6.20 Å². The van der Waals surface area contributed by atoms with Crippen LogP contribution in [0.25, 0.3) is 0 Å². The van der Waals surface area contributed by atoms with E-state index in [4.69, 9.17) is 0 Å². The highest BCUT2D eigenvalue weighted by Crippen LogP contribution is 2.37. The predicted octanol–water partition coefficient (Wildman–Crippen LogP) is 2.46. The van der Waals surface area contributed by atoms with Gasteiger partial charge in [0.2, 0.25) is 0 Å². The third kappa shape index (κ3) is 2.38. The Morgan fingerprint density at radius 2 is 2.06 bits per heavy atom. The predicted molar refractivity (Wildman–Crippen MR) is 74.9 cm³/mol. The molecule has 0 aromatic carbocycles. The minimum atomic E-state index is 0.635. The van der Waals surface area contributed by atoms with Gasteiger partial charge in [-0.3, -0.25) is 0 Å². The summed E-state index contributed by atoms with van der Waals surface area (Å²) in [4.78, 5) is 2.65. The van der Waals surface area contributed by atoms with Gasteiger partial charge in [-0.2, -0.15) is 0 Å². The molecule has 3 rings (SSSR count). The largest absolute Gasteiger partial charge is 0.371 e. The molecule has 0 radical (unpaired) electrons. The summed E-state index contributed by atoms with van der Waals surface area (Å²) >= 11 is 1.48. The van der Waals surface area contributed by atoms with Gasteiger partial charge in [0, 0.05) is 36.7 Å². The van der Waals surface area contributed by atoms with Crippen LogP contribution in [0.4, 0.5) is 5.00 Å². The highest BCUT2D eigenvalue weighted by Gasteiger charge is 2.40. The van der Waals surface area contributed by atoms with Crippen molar-refractivity contribution in [1.82, 2.24) is 14.5 Å². The molecule has 0 amide bonds. The van der Waals surface area contributed by atoms with Crippen LogP contribution in [0.15, 0.2) is 6.20 Å². The number of nitrogens with one attached hydrogen (secondary N) is 1. The molecule has 2 aliphatic rings.